The summed E-state index contributed by atoms with van der Waals surface area (Å²) < 4.78 is 3.64. The average molecular weight is 376 g/mol. The molecule has 0 aliphatic heterocycles. The molecular weight excluding hydrogens is 362 g/mol. The van der Waals surface area contributed by atoms with E-state index >= 15 is 0 Å². The molecule has 2 aromatic rings. The second-order valence-corrected chi connectivity index (χ2v) is 8.37. The first kappa shape index (κ1) is 13.6. The third-order valence-corrected chi connectivity index (χ3v) is 7.08. The Kier molecular flexibility index (Phi) is 4.07. The van der Waals surface area contributed by atoms with Crippen LogP contribution in [0.4, 0.5) is 9.38 Å². The van der Waals surface area contributed by atoms with E-state index in [2.05, 4.69) is 9.97 Å². The molecular formula is C11H14N4OSe2. The van der Waals surface area contributed by atoms with E-state index in [4.69, 9.17) is 0 Å². The second kappa shape index (κ2) is 5.41. The van der Waals surface area contributed by atoms with Crippen molar-refractivity contribution in [3.8, 4) is 0 Å². The average Bonchev–Trinajstić information content (AvgIpc) is 2.97. The van der Waals surface area contributed by atoms with Crippen LogP contribution in [0.5, 0.6) is 0 Å². The van der Waals surface area contributed by atoms with Gasteiger partial charge in [-0.3, -0.25) is 0 Å². The van der Waals surface area contributed by atoms with E-state index in [0.29, 0.717) is 0 Å². The number of aromatic nitrogens is 2. The zero-order chi connectivity index (χ0) is 13.3. The number of nitrogens with zero attached hydrogens (tertiary/aromatic N) is 4. The van der Waals surface area contributed by atoms with Crippen molar-refractivity contribution in [3.05, 3.63) is 21.3 Å². The van der Waals surface area contributed by atoms with Crippen LogP contribution in [0.25, 0.3) is 0 Å². The van der Waals surface area contributed by atoms with E-state index in [1.54, 1.807) is 12.4 Å². The Morgan fingerprint density at radius 1 is 0.944 bits per heavy atom. The first-order chi connectivity index (χ1) is 8.49. The summed E-state index contributed by atoms with van der Waals surface area (Å²) >= 11 is 0.0523. The van der Waals surface area contributed by atoms with Crippen LogP contribution in [-0.4, -0.2) is 72.9 Å². The van der Waals surface area contributed by atoms with Gasteiger partial charge < -0.3 is 0 Å². The topological polar surface area (TPSA) is 49.3 Å². The minimum atomic E-state index is 0.0262. The van der Waals surface area contributed by atoms with Gasteiger partial charge in [0.05, 0.1) is 0 Å². The van der Waals surface area contributed by atoms with E-state index in [9.17, 15) is 4.79 Å². The second-order valence-electron chi connectivity index (χ2n) is 4.13. The van der Waals surface area contributed by atoms with Gasteiger partial charge in [-0.05, 0) is 0 Å². The SMILES string of the molecule is CN(C)c1ncc(C(=O)c2cnc(N(C)C)[se]2)[se]1. The zero-order valence-electron chi connectivity index (χ0n) is 10.7. The molecule has 0 bridgehead atoms. The summed E-state index contributed by atoms with van der Waals surface area (Å²) in [4.78, 5) is 24.8. The molecule has 2 rings (SSSR count). The van der Waals surface area contributed by atoms with Crippen molar-refractivity contribution < 1.29 is 4.79 Å². The number of carbonyl (C=O) groups is 1. The van der Waals surface area contributed by atoms with E-state index in [1.165, 1.54) is 0 Å². The Morgan fingerprint density at radius 3 is 1.61 bits per heavy atom. The summed E-state index contributed by atoms with van der Waals surface area (Å²) in [5, 5.41) is 0. The fourth-order valence-corrected chi connectivity index (χ4v) is 4.93. The first-order valence-corrected chi connectivity index (χ1v) is 8.72. The number of hydrogen-bond acceptors (Lipinski definition) is 5. The van der Waals surface area contributed by atoms with Gasteiger partial charge in [0, 0.05) is 0 Å². The van der Waals surface area contributed by atoms with Gasteiger partial charge in [0.15, 0.2) is 0 Å². The predicted molar refractivity (Wildman–Crippen MR) is 74.4 cm³/mol. The molecule has 5 nitrogen and oxygen atoms in total. The van der Waals surface area contributed by atoms with Crippen LogP contribution in [0, 0.1) is 0 Å². The molecule has 0 unspecified atom stereocenters. The van der Waals surface area contributed by atoms with E-state index in [-0.39, 0.29) is 34.8 Å². The van der Waals surface area contributed by atoms with E-state index in [0.717, 1.165) is 18.3 Å². The fraction of sp³-hybridized carbons (Fsp3) is 0.364. The quantitative estimate of drug-likeness (QED) is 0.554. The molecule has 0 radical (unpaired) electrons. The number of hydrogen-bond donors (Lipinski definition) is 0. The molecule has 0 spiro atoms. The van der Waals surface area contributed by atoms with Crippen molar-refractivity contribution in [2.45, 2.75) is 0 Å². The Bertz CT molecular complexity index is 511. The molecule has 0 amide bonds. The molecule has 18 heavy (non-hydrogen) atoms. The maximum atomic E-state index is 12.3. The molecule has 0 atom stereocenters. The van der Waals surface area contributed by atoms with Crippen LogP contribution in [0.15, 0.2) is 12.4 Å². The summed E-state index contributed by atoms with van der Waals surface area (Å²) in [5.41, 5.74) is 0. The van der Waals surface area contributed by atoms with Gasteiger partial charge >= 0.3 is 118 Å². The number of rotatable bonds is 4. The van der Waals surface area contributed by atoms with Crippen molar-refractivity contribution in [1.29, 1.82) is 0 Å². The monoisotopic (exact) mass is 378 g/mol. The summed E-state index contributed by atoms with van der Waals surface area (Å²) in [6.45, 7) is 0. The van der Waals surface area contributed by atoms with Gasteiger partial charge in [-0.15, -0.1) is 0 Å². The van der Waals surface area contributed by atoms with Gasteiger partial charge in [0.1, 0.15) is 0 Å². The molecule has 2 heterocycles. The Labute approximate surface area is 118 Å². The van der Waals surface area contributed by atoms with Crippen molar-refractivity contribution in [1.82, 2.24) is 9.97 Å². The van der Waals surface area contributed by atoms with Crippen LogP contribution in [0.3, 0.4) is 0 Å². The molecule has 0 aliphatic carbocycles. The van der Waals surface area contributed by atoms with Crippen LogP contribution in [0.1, 0.15) is 13.7 Å². The predicted octanol–water partition coefficient (Wildman–Crippen LogP) is -0.0464. The summed E-state index contributed by atoms with van der Waals surface area (Å²) in [5.74, 6) is 0.121. The normalized spacial score (nSPS) is 10.4. The zero-order valence-corrected chi connectivity index (χ0v) is 14.1. The minimum absolute atomic E-state index is 0.0262. The molecule has 0 N–H and O–H groups in total. The molecule has 7 heteroatoms. The Balaban J connectivity index is 2.24. The first-order valence-electron chi connectivity index (χ1n) is 5.30. The van der Waals surface area contributed by atoms with Gasteiger partial charge in [-0.1, -0.05) is 0 Å². The standard InChI is InChI=1S/C11H14N4OSe2/c1-14(2)10-12-5-7(17-10)9(16)8-6-13-11(18-8)15(3)4/h5-6H,1-4H3. The van der Waals surface area contributed by atoms with Gasteiger partial charge in [-0.2, -0.15) is 0 Å². The third-order valence-electron chi connectivity index (χ3n) is 2.20. The molecule has 2 aromatic heterocycles. The van der Waals surface area contributed by atoms with Crippen molar-refractivity contribution in [2.75, 3.05) is 38.0 Å². The van der Waals surface area contributed by atoms with Crippen LogP contribution < -0.4 is 9.80 Å². The van der Waals surface area contributed by atoms with Crippen molar-refractivity contribution >= 4 is 44.2 Å². The van der Waals surface area contributed by atoms with E-state index < -0.39 is 0 Å². The summed E-state index contributed by atoms with van der Waals surface area (Å²) in [6.07, 6.45) is 3.42. The van der Waals surface area contributed by atoms with Crippen molar-refractivity contribution in [2.24, 2.45) is 0 Å². The van der Waals surface area contributed by atoms with Gasteiger partial charge in [0.25, 0.3) is 0 Å². The molecule has 0 saturated heterocycles. The van der Waals surface area contributed by atoms with Gasteiger partial charge in [0.2, 0.25) is 0 Å². The number of ketones is 1. The molecule has 96 valence electrons. The molecule has 0 aromatic carbocycles. The van der Waals surface area contributed by atoms with Crippen LogP contribution in [-0.2, 0) is 0 Å². The van der Waals surface area contributed by atoms with E-state index in [1.807, 2.05) is 38.0 Å². The summed E-state index contributed by atoms with van der Waals surface area (Å²) in [6, 6.07) is 0. The summed E-state index contributed by atoms with van der Waals surface area (Å²) in [7, 11) is 7.81. The number of carbonyl (C=O) groups excluding carboxylic acids is 1. The van der Waals surface area contributed by atoms with Crippen LogP contribution in [0.2, 0.25) is 0 Å². The third kappa shape index (κ3) is 2.75. The van der Waals surface area contributed by atoms with Crippen molar-refractivity contribution in [3.63, 3.8) is 0 Å². The Morgan fingerprint density at radius 2 is 1.33 bits per heavy atom. The maximum absolute atomic E-state index is 12.3. The Hall–Kier alpha value is -0.871. The number of anilines is 2. The molecule has 0 fully saturated rings. The van der Waals surface area contributed by atoms with Gasteiger partial charge in [-0.25, -0.2) is 0 Å². The molecule has 0 saturated carbocycles. The molecule has 0 aliphatic rings. The van der Waals surface area contributed by atoms with Crippen LogP contribution >= 0.6 is 0 Å². The fourth-order valence-electron chi connectivity index (χ4n) is 1.27.